The SMILES string of the molecule is Clc1nccc(CNc2cccc3ncoc23)n1. The Bertz CT molecular complexity index is 682. The quantitative estimate of drug-likeness (QED) is 0.734. The van der Waals surface area contributed by atoms with Crippen LogP contribution in [0, 0.1) is 0 Å². The van der Waals surface area contributed by atoms with Crippen molar-refractivity contribution in [2.45, 2.75) is 6.54 Å². The summed E-state index contributed by atoms with van der Waals surface area (Å²) in [5.41, 5.74) is 3.24. The number of fused-ring (bicyclic) bond motifs is 1. The second-order valence-corrected chi connectivity index (χ2v) is 4.01. The van der Waals surface area contributed by atoms with Gasteiger partial charge in [0.1, 0.15) is 5.52 Å². The molecule has 6 heteroatoms. The Kier molecular flexibility index (Phi) is 2.82. The number of aromatic nitrogens is 3. The summed E-state index contributed by atoms with van der Waals surface area (Å²) in [6.45, 7) is 0.544. The van der Waals surface area contributed by atoms with Gasteiger partial charge in [-0.1, -0.05) is 6.07 Å². The van der Waals surface area contributed by atoms with Crippen LogP contribution in [0.15, 0.2) is 41.3 Å². The molecular weight excluding hydrogens is 252 g/mol. The fourth-order valence-corrected chi connectivity index (χ4v) is 1.84. The number of rotatable bonds is 3. The number of halogens is 1. The number of oxazole rings is 1. The first kappa shape index (κ1) is 11.0. The van der Waals surface area contributed by atoms with E-state index in [1.807, 2.05) is 18.2 Å². The first-order valence-electron chi connectivity index (χ1n) is 5.36. The Labute approximate surface area is 108 Å². The van der Waals surface area contributed by atoms with E-state index >= 15 is 0 Å². The average molecular weight is 261 g/mol. The number of nitrogens with zero attached hydrogens (tertiary/aromatic N) is 3. The van der Waals surface area contributed by atoms with Crippen molar-refractivity contribution in [1.82, 2.24) is 15.0 Å². The highest BCUT2D eigenvalue weighted by atomic mass is 35.5. The Morgan fingerprint density at radius 2 is 2.17 bits per heavy atom. The number of hydrogen-bond donors (Lipinski definition) is 1. The van der Waals surface area contributed by atoms with Gasteiger partial charge >= 0.3 is 0 Å². The van der Waals surface area contributed by atoms with Crippen LogP contribution in [0.25, 0.3) is 11.1 Å². The first-order chi connectivity index (χ1) is 8.83. The number of nitrogens with one attached hydrogen (secondary N) is 1. The van der Waals surface area contributed by atoms with E-state index in [4.69, 9.17) is 16.0 Å². The van der Waals surface area contributed by atoms with Gasteiger partial charge in [0.05, 0.1) is 17.9 Å². The van der Waals surface area contributed by atoms with Crippen LogP contribution < -0.4 is 5.32 Å². The summed E-state index contributed by atoms with van der Waals surface area (Å²) in [5.74, 6) is 0. The standard InChI is InChI=1S/C12H9ClN4O/c13-12-14-5-4-8(17-12)6-15-9-2-1-3-10-11(9)18-7-16-10/h1-5,7,15H,6H2. The van der Waals surface area contributed by atoms with Crippen LogP contribution in [0.2, 0.25) is 5.28 Å². The summed E-state index contributed by atoms with van der Waals surface area (Å²) in [6.07, 6.45) is 3.05. The molecule has 90 valence electrons. The molecule has 3 rings (SSSR count). The fourth-order valence-electron chi connectivity index (χ4n) is 1.68. The highest BCUT2D eigenvalue weighted by Gasteiger charge is 2.05. The molecule has 2 heterocycles. The molecule has 0 unspecified atom stereocenters. The van der Waals surface area contributed by atoms with Crippen LogP contribution in [0.3, 0.4) is 0 Å². The fraction of sp³-hybridized carbons (Fsp3) is 0.0833. The maximum Gasteiger partial charge on any atom is 0.222 e. The minimum Gasteiger partial charge on any atom is -0.441 e. The lowest BCUT2D eigenvalue weighted by Gasteiger charge is -2.05. The van der Waals surface area contributed by atoms with Crippen molar-refractivity contribution in [3.05, 3.63) is 47.8 Å². The lowest BCUT2D eigenvalue weighted by Crippen LogP contribution is -2.02. The molecule has 3 aromatic rings. The molecule has 0 aliphatic heterocycles. The Morgan fingerprint density at radius 3 is 3.06 bits per heavy atom. The molecule has 0 aliphatic rings. The van der Waals surface area contributed by atoms with E-state index in [1.165, 1.54) is 6.39 Å². The van der Waals surface area contributed by atoms with Gasteiger partial charge in [-0.3, -0.25) is 0 Å². The molecule has 0 radical (unpaired) electrons. The van der Waals surface area contributed by atoms with Crippen molar-refractivity contribution in [2.24, 2.45) is 0 Å². The summed E-state index contributed by atoms with van der Waals surface area (Å²) in [5, 5.41) is 3.48. The Hall–Kier alpha value is -2.14. The van der Waals surface area contributed by atoms with Crippen LogP contribution >= 0.6 is 11.6 Å². The number of hydrogen-bond acceptors (Lipinski definition) is 5. The maximum absolute atomic E-state index is 5.73. The van der Waals surface area contributed by atoms with Crippen molar-refractivity contribution in [1.29, 1.82) is 0 Å². The predicted molar refractivity (Wildman–Crippen MR) is 68.4 cm³/mol. The second kappa shape index (κ2) is 4.62. The van der Waals surface area contributed by atoms with Gasteiger partial charge in [-0.2, -0.15) is 0 Å². The third-order valence-corrected chi connectivity index (χ3v) is 2.68. The molecule has 0 saturated heterocycles. The Morgan fingerprint density at radius 1 is 1.22 bits per heavy atom. The van der Waals surface area contributed by atoms with Crippen molar-refractivity contribution in [2.75, 3.05) is 5.32 Å². The van der Waals surface area contributed by atoms with Gasteiger partial charge in [0.25, 0.3) is 0 Å². The van der Waals surface area contributed by atoms with E-state index in [0.29, 0.717) is 6.54 Å². The van der Waals surface area contributed by atoms with Crippen molar-refractivity contribution in [3.63, 3.8) is 0 Å². The third kappa shape index (κ3) is 2.12. The van der Waals surface area contributed by atoms with Crippen LogP contribution in [-0.4, -0.2) is 15.0 Å². The van der Waals surface area contributed by atoms with E-state index in [1.54, 1.807) is 12.3 Å². The van der Waals surface area contributed by atoms with Gasteiger partial charge in [0.15, 0.2) is 12.0 Å². The first-order valence-corrected chi connectivity index (χ1v) is 5.74. The molecule has 0 amide bonds. The predicted octanol–water partition coefficient (Wildman–Crippen LogP) is 2.88. The van der Waals surface area contributed by atoms with Crippen LogP contribution in [-0.2, 0) is 6.54 Å². The number of anilines is 1. The van der Waals surface area contributed by atoms with Crippen molar-refractivity contribution < 1.29 is 4.42 Å². The van der Waals surface area contributed by atoms with E-state index in [9.17, 15) is 0 Å². The molecule has 0 bridgehead atoms. The zero-order valence-electron chi connectivity index (χ0n) is 9.30. The molecule has 0 spiro atoms. The monoisotopic (exact) mass is 260 g/mol. The Balaban J connectivity index is 1.83. The highest BCUT2D eigenvalue weighted by Crippen LogP contribution is 2.22. The van der Waals surface area contributed by atoms with Gasteiger partial charge in [-0.05, 0) is 29.8 Å². The molecule has 5 nitrogen and oxygen atoms in total. The van der Waals surface area contributed by atoms with Gasteiger partial charge in [-0.15, -0.1) is 0 Å². The largest absolute Gasteiger partial charge is 0.441 e. The molecule has 18 heavy (non-hydrogen) atoms. The maximum atomic E-state index is 5.73. The second-order valence-electron chi connectivity index (χ2n) is 3.68. The third-order valence-electron chi connectivity index (χ3n) is 2.50. The lowest BCUT2D eigenvalue weighted by atomic mass is 10.2. The van der Waals surface area contributed by atoms with E-state index < -0.39 is 0 Å². The van der Waals surface area contributed by atoms with Gasteiger partial charge in [0, 0.05) is 6.20 Å². The number of benzene rings is 1. The van der Waals surface area contributed by atoms with Crippen LogP contribution in [0.5, 0.6) is 0 Å². The van der Waals surface area contributed by atoms with Gasteiger partial charge in [0.2, 0.25) is 5.28 Å². The van der Waals surface area contributed by atoms with E-state index in [0.717, 1.165) is 22.5 Å². The minimum atomic E-state index is 0.243. The van der Waals surface area contributed by atoms with Crippen molar-refractivity contribution in [3.8, 4) is 0 Å². The summed E-state index contributed by atoms with van der Waals surface area (Å²) < 4.78 is 5.33. The molecule has 1 aromatic carbocycles. The highest BCUT2D eigenvalue weighted by molar-refractivity contribution is 6.28. The molecule has 0 atom stereocenters. The van der Waals surface area contributed by atoms with E-state index in [-0.39, 0.29) is 5.28 Å². The lowest BCUT2D eigenvalue weighted by molar-refractivity contribution is 0.603. The van der Waals surface area contributed by atoms with Crippen molar-refractivity contribution >= 4 is 28.4 Å². The van der Waals surface area contributed by atoms with Crippen LogP contribution in [0.1, 0.15) is 5.69 Å². The molecular formula is C12H9ClN4O. The molecule has 2 aromatic heterocycles. The zero-order valence-corrected chi connectivity index (χ0v) is 10.1. The molecule has 1 N–H and O–H groups in total. The summed E-state index contributed by atoms with van der Waals surface area (Å²) in [6, 6.07) is 7.54. The van der Waals surface area contributed by atoms with Crippen LogP contribution in [0.4, 0.5) is 5.69 Å². The summed E-state index contributed by atoms with van der Waals surface area (Å²) in [7, 11) is 0. The average Bonchev–Trinajstić information content (AvgIpc) is 2.85. The van der Waals surface area contributed by atoms with Gasteiger partial charge < -0.3 is 9.73 Å². The molecule has 0 saturated carbocycles. The minimum absolute atomic E-state index is 0.243. The zero-order chi connectivity index (χ0) is 12.4. The smallest absolute Gasteiger partial charge is 0.222 e. The van der Waals surface area contributed by atoms with Gasteiger partial charge in [-0.25, -0.2) is 15.0 Å². The summed E-state index contributed by atoms with van der Waals surface area (Å²) >= 11 is 5.73. The molecule has 0 aliphatic carbocycles. The molecule has 0 fully saturated rings. The topological polar surface area (TPSA) is 63.8 Å². The number of para-hydroxylation sites is 1. The van der Waals surface area contributed by atoms with E-state index in [2.05, 4.69) is 20.3 Å². The summed E-state index contributed by atoms with van der Waals surface area (Å²) in [4.78, 5) is 12.0. The normalized spacial score (nSPS) is 10.7.